The van der Waals surface area contributed by atoms with E-state index in [0.717, 1.165) is 22.6 Å². The number of nitrogens with zero attached hydrogens (tertiary/aromatic N) is 4. The van der Waals surface area contributed by atoms with Crippen LogP contribution in [0.3, 0.4) is 0 Å². The van der Waals surface area contributed by atoms with Crippen LogP contribution in [0.1, 0.15) is 62.5 Å². The van der Waals surface area contributed by atoms with Crippen LogP contribution in [0.25, 0.3) is 0 Å². The van der Waals surface area contributed by atoms with Gasteiger partial charge in [0.05, 0.1) is 54.7 Å². The van der Waals surface area contributed by atoms with Gasteiger partial charge in [-0.25, -0.2) is 8.78 Å². The Morgan fingerprint density at radius 2 is 1.28 bits per heavy atom. The van der Waals surface area contributed by atoms with Gasteiger partial charge in [0.15, 0.2) is 11.6 Å². The normalized spacial score (nSPS) is 19.8. The molecule has 0 N–H and O–H groups in total. The molecule has 0 aliphatic heterocycles. The number of rotatable bonds is 6. The second-order valence-electron chi connectivity index (χ2n) is 10.7. The van der Waals surface area contributed by atoms with Crippen LogP contribution in [0.4, 0.5) is 8.78 Å². The first-order valence-corrected chi connectivity index (χ1v) is 15.0. The number of aromatic nitrogens is 4. The van der Waals surface area contributed by atoms with Crippen molar-refractivity contribution >= 4 is 27.5 Å². The fraction of sp³-hybridized carbons (Fsp3) is 0.375. The molecule has 6 rings (SSSR count). The summed E-state index contributed by atoms with van der Waals surface area (Å²) in [5, 5.41) is 8.76. The molecule has 2 aliphatic carbocycles. The molecule has 2 heterocycles. The third-order valence-corrected chi connectivity index (χ3v) is 8.30. The molecule has 3 atom stereocenters. The van der Waals surface area contributed by atoms with E-state index in [4.69, 9.17) is 9.47 Å². The Labute approximate surface area is 257 Å². The predicted molar refractivity (Wildman–Crippen MR) is 161 cm³/mol. The summed E-state index contributed by atoms with van der Waals surface area (Å²) in [5.74, 6) is 1.49. The fourth-order valence-electron chi connectivity index (χ4n) is 5.19. The molecule has 3 unspecified atom stereocenters. The summed E-state index contributed by atoms with van der Waals surface area (Å²) >= 11 is 3.27. The van der Waals surface area contributed by atoms with Crippen molar-refractivity contribution in [3.8, 4) is 11.5 Å². The van der Waals surface area contributed by atoms with Gasteiger partial charge >= 0.3 is 0 Å². The number of carbonyl (C=O) groups excluding carboxylic acids is 2. The van der Waals surface area contributed by atoms with E-state index in [-0.39, 0.29) is 37.2 Å². The Hall–Kier alpha value is -3.86. The quantitative estimate of drug-likeness (QED) is 0.188. The summed E-state index contributed by atoms with van der Waals surface area (Å²) in [5.41, 5.74) is 4.32. The van der Waals surface area contributed by atoms with Gasteiger partial charge in [0.2, 0.25) is 0 Å². The Kier molecular flexibility index (Phi) is 9.69. The molecule has 0 fully saturated rings. The number of benzene rings is 2. The number of hydrogen-bond acceptors (Lipinski definition) is 6. The van der Waals surface area contributed by atoms with Crippen molar-refractivity contribution in [1.29, 1.82) is 0 Å². The molecular formula is C32H33BrF2N4O4. The minimum Gasteiger partial charge on any atom is -0.497 e. The first-order chi connectivity index (χ1) is 20.7. The van der Waals surface area contributed by atoms with Gasteiger partial charge in [-0.3, -0.25) is 19.0 Å². The van der Waals surface area contributed by atoms with Crippen LogP contribution in [-0.4, -0.2) is 62.5 Å². The lowest BCUT2D eigenvalue weighted by Crippen LogP contribution is -2.16. The molecular weight excluding hydrogens is 622 g/mol. The van der Waals surface area contributed by atoms with Crippen molar-refractivity contribution in [2.24, 2.45) is 0 Å². The number of ether oxygens (including phenoxy) is 2. The van der Waals surface area contributed by atoms with E-state index in [1.165, 1.54) is 0 Å². The number of halogens is 3. The Morgan fingerprint density at radius 3 is 1.81 bits per heavy atom. The van der Waals surface area contributed by atoms with E-state index < -0.39 is 17.2 Å². The average Bonchev–Trinajstić information content (AvgIpc) is 3.53. The van der Waals surface area contributed by atoms with Crippen LogP contribution in [-0.2, 0) is 25.9 Å². The molecule has 0 spiro atoms. The highest BCUT2D eigenvalue weighted by Gasteiger charge is 2.31. The minimum absolute atomic E-state index is 0.00821. The Balaban J connectivity index is 0.000000171. The number of ketones is 2. The topological polar surface area (TPSA) is 88.2 Å². The second-order valence-corrected chi connectivity index (χ2v) is 11.8. The molecule has 8 nitrogen and oxygen atoms in total. The SMILES string of the molecule is COc1ccc(Cn2cc3c(n2)CC(F)CC(Br)C3=O)cc1.COc1ccc(Cn2cc3c(n2)CC(F)CCC3=O)cc1. The molecule has 4 aromatic rings. The number of Topliss-reactive ketones (excluding diaryl/α,β-unsaturated/α-hetero) is 2. The van der Waals surface area contributed by atoms with Gasteiger partial charge in [-0.1, -0.05) is 40.2 Å². The van der Waals surface area contributed by atoms with Gasteiger partial charge in [-0.15, -0.1) is 0 Å². The van der Waals surface area contributed by atoms with E-state index >= 15 is 0 Å². The maximum absolute atomic E-state index is 13.8. The number of methoxy groups -OCH3 is 2. The number of fused-ring (bicyclic) bond motifs is 2. The predicted octanol–water partition coefficient (Wildman–Crippen LogP) is 5.97. The average molecular weight is 656 g/mol. The van der Waals surface area contributed by atoms with E-state index in [0.29, 0.717) is 42.0 Å². The number of carbonyl (C=O) groups is 2. The van der Waals surface area contributed by atoms with Gasteiger partial charge in [0.1, 0.15) is 23.8 Å². The number of alkyl halides is 3. The van der Waals surface area contributed by atoms with Crippen LogP contribution < -0.4 is 9.47 Å². The van der Waals surface area contributed by atoms with Crippen molar-refractivity contribution in [3.05, 3.63) is 94.6 Å². The molecule has 0 saturated carbocycles. The fourth-order valence-corrected chi connectivity index (χ4v) is 5.84. The highest BCUT2D eigenvalue weighted by molar-refractivity contribution is 9.10. The lowest BCUT2D eigenvalue weighted by Gasteiger charge is -2.07. The monoisotopic (exact) mass is 654 g/mol. The van der Waals surface area contributed by atoms with Gasteiger partial charge in [0.25, 0.3) is 0 Å². The van der Waals surface area contributed by atoms with Crippen molar-refractivity contribution in [2.75, 3.05) is 14.2 Å². The van der Waals surface area contributed by atoms with Gasteiger partial charge < -0.3 is 9.47 Å². The summed E-state index contributed by atoms with van der Waals surface area (Å²) in [4.78, 5) is 23.7. The van der Waals surface area contributed by atoms with Crippen LogP contribution in [0.5, 0.6) is 11.5 Å². The minimum atomic E-state index is -1.04. The molecule has 2 aromatic heterocycles. The van der Waals surface area contributed by atoms with Crippen LogP contribution in [0.15, 0.2) is 60.9 Å². The molecule has 226 valence electrons. The lowest BCUT2D eigenvalue weighted by molar-refractivity contribution is 0.0970. The van der Waals surface area contributed by atoms with Crippen LogP contribution >= 0.6 is 15.9 Å². The summed E-state index contributed by atoms with van der Waals surface area (Å²) < 4.78 is 41.1. The third-order valence-electron chi connectivity index (χ3n) is 7.51. The zero-order valence-corrected chi connectivity index (χ0v) is 25.6. The van der Waals surface area contributed by atoms with Crippen molar-refractivity contribution in [1.82, 2.24) is 19.6 Å². The van der Waals surface area contributed by atoms with E-state index in [1.807, 2.05) is 48.5 Å². The smallest absolute Gasteiger partial charge is 0.180 e. The highest BCUT2D eigenvalue weighted by Crippen LogP contribution is 2.27. The maximum atomic E-state index is 13.8. The van der Waals surface area contributed by atoms with Gasteiger partial charge in [-0.05, 0) is 48.2 Å². The first-order valence-electron chi connectivity index (χ1n) is 14.1. The largest absolute Gasteiger partial charge is 0.497 e. The maximum Gasteiger partial charge on any atom is 0.180 e. The van der Waals surface area contributed by atoms with E-state index in [1.54, 1.807) is 36.0 Å². The summed E-state index contributed by atoms with van der Waals surface area (Å²) in [6.45, 7) is 1.09. The summed E-state index contributed by atoms with van der Waals surface area (Å²) in [7, 11) is 3.24. The molecule has 0 radical (unpaired) electrons. The van der Waals surface area contributed by atoms with Gasteiger partial charge in [-0.2, -0.15) is 10.2 Å². The zero-order chi connectivity index (χ0) is 30.5. The molecule has 43 heavy (non-hydrogen) atoms. The van der Waals surface area contributed by atoms with E-state index in [9.17, 15) is 18.4 Å². The molecule has 2 aliphatic rings. The molecule has 0 amide bonds. The Morgan fingerprint density at radius 1 is 0.791 bits per heavy atom. The molecule has 2 aromatic carbocycles. The molecule has 0 bridgehead atoms. The van der Waals surface area contributed by atoms with Crippen LogP contribution in [0.2, 0.25) is 0 Å². The first kappa shape index (κ1) is 30.6. The van der Waals surface area contributed by atoms with Crippen LogP contribution in [0, 0.1) is 0 Å². The highest BCUT2D eigenvalue weighted by atomic mass is 79.9. The summed E-state index contributed by atoms with van der Waals surface area (Å²) in [6.07, 6.45) is 2.63. The van der Waals surface area contributed by atoms with Crippen molar-refractivity contribution in [2.45, 2.75) is 62.4 Å². The van der Waals surface area contributed by atoms with Gasteiger partial charge in [0, 0.05) is 31.7 Å². The Bertz CT molecular complexity index is 1570. The second kappa shape index (κ2) is 13.6. The molecule has 11 heteroatoms. The van der Waals surface area contributed by atoms with Crippen molar-refractivity contribution in [3.63, 3.8) is 0 Å². The molecule has 0 saturated heterocycles. The summed E-state index contributed by atoms with van der Waals surface area (Å²) in [6, 6.07) is 15.3. The standard InChI is InChI=1S/C16H16BrFN2O2.C16H17FN2O2/c1-22-12-4-2-10(3-5-12)8-20-9-13-15(19-20)7-11(18)6-14(17)16(13)21;1-21-13-5-2-11(3-6-13)9-19-10-14-15(18-19)8-12(17)4-7-16(14)20/h2-5,9,11,14H,6-8H2,1H3;2-3,5-6,10,12H,4,7-9H2,1H3. The third kappa shape index (κ3) is 7.57. The number of hydrogen-bond donors (Lipinski definition) is 0. The van der Waals surface area contributed by atoms with Crippen molar-refractivity contribution < 1.29 is 27.8 Å². The zero-order valence-electron chi connectivity index (χ0n) is 24.0. The van der Waals surface area contributed by atoms with E-state index in [2.05, 4.69) is 26.1 Å². The lowest BCUT2D eigenvalue weighted by atomic mass is 10.1.